The van der Waals surface area contributed by atoms with Crippen molar-refractivity contribution >= 4 is 49.5 Å². The van der Waals surface area contributed by atoms with Gasteiger partial charge in [-0.1, -0.05) is 47.5 Å². The van der Waals surface area contributed by atoms with E-state index in [0.717, 1.165) is 14.5 Å². The number of aryl methyl sites for hydroxylation is 1. The third-order valence-electron chi connectivity index (χ3n) is 3.57. The molecule has 27 heavy (non-hydrogen) atoms. The van der Waals surface area contributed by atoms with Gasteiger partial charge in [-0.25, -0.2) is 0 Å². The molecule has 0 heterocycles. The van der Waals surface area contributed by atoms with Crippen molar-refractivity contribution in [2.24, 2.45) is 5.92 Å². The highest BCUT2D eigenvalue weighted by Gasteiger charge is 2.14. The lowest BCUT2D eigenvalue weighted by Crippen LogP contribution is -2.13. The van der Waals surface area contributed by atoms with E-state index >= 15 is 0 Å². The zero-order valence-electron chi connectivity index (χ0n) is 15.3. The van der Waals surface area contributed by atoms with Gasteiger partial charge < -0.3 is 10.1 Å². The van der Waals surface area contributed by atoms with Crippen LogP contribution in [0.4, 0.5) is 5.69 Å². The van der Waals surface area contributed by atoms with Gasteiger partial charge in [-0.3, -0.25) is 4.79 Å². The third-order valence-corrected chi connectivity index (χ3v) is 4.62. The molecular weight excluding hydrogens is 472 g/mol. The van der Waals surface area contributed by atoms with Gasteiger partial charge in [-0.05, 0) is 59.1 Å². The molecular formula is C21H20Br2N2O2. The Hall–Kier alpha value is -2.10. The molecule has 2 aromatic carbocycles. The summed E-state index contributed by atoms with van der Waals surface area (Å²) in [5.41, 5.74) is 2.37. The molecule has 0 bridgehead atoms. The van der Waals surface area contributed by atoms with E-state index in [2.05, 4.69) is 51.0 Å². The summed E-state index contributed by atoms with van der Waals surface area (Å²) in [6, 6.07) is 13.1. The highest BCUT2D eigenvalue weighted by atomic mass is 79.9. The maximum absolute atomic E-state index is 12.5. The van der Waals surface area contributed by atoms with Crippen LogP contribution in [0, 0.1) is 24.2 Å². The third kappa shape index (κ3) is 6.23. The standard InChI is InChI=1S/C21H20Br2N2O2/c1-13(2)12-27-20-15(9-17(22)10-19(20)23)8-16(11-24)21(26)25-18-6-4-14(3)5-7-18/h4-10,13H,12H2,1-3H3,(H,25,26)/b16-8+. The van der Waals surface area contributed by atoms with Crippen LogP contribution in [-0.2, 0) is 4.79 Å². The first kappa shape index (κ1) is 21.2. The molecule has 0 saturated carbocycles. The minimum Gasteiger partial charge on any atom is -0.492 e. The van der Waals surface area contributed by atoms with Crippen LogP contribution in [0.2, 0.25) is 0 Å². The van der Waals surface area contributed by atoms with Gasteiger partial charge in [-0.15, -0.1) is 0 Å². The molecule has 0 spiro atoms. The summed E-state index contributed by atoms with van der Waals surface area (Å²) >= 11 is 6.93. The quantitative estimate of drug-likeness (QED) is 0.392. The molecule has 2 rings (SSSR count). The number of carbonyl (C=O) groups is 1. The Bertz CT molecular complexity index is 898. The molecule has 140 valence electrons. The van der Waals surface area contributed by atoms with E-state index in [-0.39, 0.29) is 5.57 Å². The highest BCUT2D eigenvalue weighted by molar-refractivity contribution is 9.11. The maximum atomic E-state index is 12.5. The molecule has 1 amide bonds. The van der Waals surface area contributed by atoms with Crippen LogP contribution in [0.1, 0.15) is 25.0 Å². The predicted molar refractivity (Wildman–Crippen MR) is 116 cm³/mol. The van der Waals surface area contributed by atoms with E-state index in [9.17, 15) is 10.1 Å². The molecule has 0 radical (unpaired) electrons. The minimum atomic E-state index is -0.465. The van der Waals surface area contributed by atoms with Crippen molar-refractivity contribution in [1.29, 1.82) is 5.26 Å². The Kier molecular flexibility index (Phi) is 7.64. The largest absolute Gasteiger partial charge is 0.492 e. The van der Waals surface area contributed by atoms with Crippen molar-refractivity contribution < 1.29 is 9.53 Å². The van der Waals surface area contributed by atoms with Crippen LogP contribution in [0.25, 0.3) is 6.08 Å². The Morgan fingerprint density at radius 2 is 1.93 bits per heavy atom. The Balaban J connectivity index is 2.34. The summed E-state index contributed by atoms with van der Waals surface area (Å²) in [5, 5.41) is 12.2. The molecule has 0 unspecified atom stereocenters. The predicted octanol–water partition coefficient (Wildman–Crippen LogP) is 6.10. The zero-order valence-corrected chi connectivity index (χ0v) is 18.5. The summed E-state index contributed by atoms with van der Waals surface area (Å²) in [7, 11) is 0. The number of benzene rings is 2. The zero-order chi connectivity index (χ0) is 20.0. The van der Waals surface area contributed by atoms with Crippen molar-refractivity contribution in [3.8, 4) is 11.8 Å². The topological polar surface area (TPSA) is 62.1 Å². The molecule has 0 aromatic heterocycles. The van der Waals surface area contributed by atoms with Crippen LogP contribution in [0.3, 0.4) is 0 Å². The Morgan fingerprint density at radius 1 is 1.26 bits per heavy atom. The van der Waals surface area contributed by atoms with Crippen molar-refractivity contribution in [2.45, 2.75) is 20.8 Å². The highest BCUT2D eigenvalue weighted by Crippen LogP contribution is 2.34. The fourth-order valence-electron chi connectivity index (χ4n) is 2.23. The maximum Gasteiger partial charge on any atom is 0.266 e. The SMILES string of the molecule is Cc1ccc(NC(=O)/C(C#N)=C/c2cc(Br)cc(Br)c2OCC(C)C)cc1. The van der Waals surface area contributed by atoms with E-state index < -0.39 is 5.91 Å². The number of amides is 1. The minimum absolute atomic E-state index is 0.00466. The summed E-state index contributed by atoms with van der Waals surface area (Å²) < 4.78 is 7.45. The molecule has 0 aliphatic heterocycles. The number of carbonyl (C=O) groups excluding carboxylic acids is 1. The lowest BCUT2D eigenvalue weighted by Gasteiger charge is -2.14. The number of hydrogen-bond donors (Lipinski definition) is 1. The molecule has 0 saturated heterocycles. The Morgan fingerprint density at radius 3 is 2.52 bits per heavy atom. The van der Waals surface area contributed by atoms with Gasteiger partial charge in [0.25, 0.3) is 5.91 Å². The fourth-order valence-corrected chi connectivity index (χ4v) is 3.60. The first-order chi connectivity index (χ1) is 12.8. The summed E-state index contributed by atoms with van der Waals surface area (Å²) in [4.78, 5) is 12.5. The van der Waals surface area contributed by atoms with Crippen molar-refractivity contribution in [1.82, 2.24) is 0 Å². The first-order valence-corrected chi connectivity index (χ1v) is 10.0. The average molecular weight is 492 g/mol. The van der Waals surface area contributed by atoms with E-state index in [1.807, 2.05) is 37.3 Å². The summed E-state index contributed by atoms with van der Waals surface area (Å²) in [6.07, 6.45) is 1.54. The summed E-state index contributed by atoms with van der Waals surface area (Å²) in [6.45, 7) is 6.60. The van der Waals surface area contributed by atoms with Gasteiger partial charge in [0.15, 0.2) is 0 Å². The molecule has 1 N–H and O–H groups in total. The normalized spacial score (nSPS) is 11.2. The van der Waals surface area contributed by atoms with Gasteiger partial charge in [-0.2, -0.15) is 5.26 Å². The van der Waals surface area contributed by atoms with Gasteiger partial charge in [0, 0.05) is 15.7 Å². The van der Waals surface area contributed by atoms with Crippen molar-refractivity contribution in [2.75, 3.05) is 11.9 Å². The van der Waals surface area contributed by atoms with Crippen LogP contribution < -0.4 is 10.1 Å². The van der Waals surface area contributed by atoms with E-state index in [0.29, 0.717) is 29.5 Å². The van der Waals surface area contributed by atoms with Gasteiger partial charge in [0.05, 0.1) is 11.1 Å². The number of halogens is 2. The molecule has 0 aliphatic carbocycles. The molecule has 2 aromatic rings. The van der Waals surface area contributed by atoms with Crippen molar-refractivity contribution in [3.63, 3.8) is 0 Å². The lowest BCUT2D eigenvalue weighted by atomic mass is 10.1. The molecule has 6 heteroatoms. The van der Waals surface area contributed by atoms with Gasteiger partial charge in [0.1, 0.15) is 17.4 Å². The van der Waals surface area contributed by atoms with Crippen LogP contribution in [-0.4, -0.2) is 12.5 Å². The van der Waals surface area contributed by atoms with Crippen LogP contribution >= 0.6 is 31.9 Å². The fraction of sp³-hybridized carbons (Fsp3) is 0.238. The second kappa shape index (κ2) is 9.72. The monoisotopic (exact) mass is 490 g/mol. The van der Waals surface area contributed by atoms with E-state index in [1.165, 1.54) is 6.08 Å². The second-order valence-corrected chi connectivity index (χ2v) is 8.27. The molecule has 0 atom stereocenters. The Labute approximate surface area is 176 Å². The van der Waals surface area contributed by atoms with Gasteiger partial charge >= 0.3 is 0 Å². The number of nitrogens with zero attached hydrogens (tertiary/aromatic N) is 1. The van der Waals surface area contributed by atoms with Crippen molar-refractivity contribution in [3.05, 3.63) is 62.0 Å². The number of hydrogen-bond acceptors (Lipinski definition) is 3. The second-order valence-electron chi connectivity index (χ2n) is 6.50. The van der Waals surface area contributed by atoms with Gasteiger partial charge in [0.2, 0.25) is 0 Å². The lowest BCUT2D eigenvalue weighted by molar-refractivity contribution is -0.112. The van der Waals surface area contributed by atoms with E-state index in [4.69, 9.17) is 4.74 Å². The number of rotatable bonds is 6. The summed E-state index contributed by atoms with van der Waals surface area (Å²) in [5.74, 6) is 0.479. The molecule has 0 fully saturated rings. The number of anilines is 1. The van der Waals surface area contributed by atoms with E-state index in [1.54, 1.807) is 12.1 Å². The number of nitriles is 1. The first-order valence-electron chi connectivity index (χ1n) is 8.41. The smallest absolute Gasteiger partial charge is 0.266 e. The van der Waals surface area contributed by atoms with Crippen LogP contribution in [0.15, 0.2) is 50.9 Å². The van der Waals surface area contributed by atoms with Crippen LogP contribution in [0.5, 0.6) is 5.75 Å². The molecule has 0 aliphatic rings. The number of nitrogens with one attached hydrogen (secondary N) is 1. The molecule has 4 nitrogen and oxygen atoms in total. The average Bonchev–Trinajstić information content (AvgIpc) is 2.60. The number of ether oxygens (including phenoxy) is 1.